The van der Waals surface area contributed by atoms with E-state index in [1.165, 1.54) is 0 Å². The number of pyridine rings is 1. The van der Waals surface area contributed by atoms with Gasteiger partial charge < -0.3 is 24.1 Å². The summed E-state index contributed by atoms with van der Waals surface area (Å²) in [5.41, 5.74) is 5.63. The van der Waals surface area contributed by atoms with Gasteiger partial charge in [-0.1, -0.05) is 38.5 Å². The highest BCUT2D eigenvalue weighted by Crippen LogP contribution is 2.53. The summed E-state index contributed by atoms with van der Waals surface area (Å²) < 4.78 is 16.6. The molecule has 7 heteroatoms. The van der Waals surface area contributed by atoms with Crippen LogP contribution in [0.15, 0.2) is 48.5 Å². The van der Waals surface area contributed by atoms with Crippen molar-refractivity contribution in [2.24, 2.45) is 11.8 Å². The zero-order chi connectivity index (χ0) is 26.8. The van der Waals surface area contributed by atoms with Crippen molar-refractivity contribution in [3.05, 3.63) is 82.2 Å². The van der Waals surface area contributed by atoms with Gasteiger partial charge in [0.25, 0.3) is 0 Å². The predicted molar refractivity (Wildman–Crippen MR) is 142 cm³/mol. The van der Waals surface area contributed by atoms with Gasteiger partial charge in [-0.2, -0.15) is 0 Å². The fraction of sp³-hybridized carbons (Fsp3) is 0.387. The summed E-state index contributed by atoms with van der Waals surface area (Å²) in [5, 5.41) is 9.65. The molecule has 0 unspecified atom stereocenters. The van der Waals surface area contributed by atoms with Crippen molar-refractivity contribution in [1.82, 2.24) is 4.98 Å². The summed E-state index contributed by atoms with van der Waals surface area (Å²) in [6, 6.07) is 15.8. The number of unbranched alkanes of at least 4 members (excludes halogenated alkanes) is 1. The molecule has 0 saturated heterocycles. The van der Waals surface area contributed by atoms with Crippen molar-refractivity contribution < 1.29 is 28.9 Å². The van der Waals surface area contributed by atoms with Crippen molar-refractivity contribution in [3.8, 4) is 17.2 Å². The van der Waals surface area contributed by atoms with Crippen LogP contribution in [0, 0.1) is 11.8 Å². The zero-order valence-electron chi connectivity index (χ0n) is 22.0. The van der Waals surface area contributed by atoms with Crippen LogP contribution in [0.4, 0.5) is 0 Å². The number of ether oxygens (including phenoxy) is 3. The molecule has 38 heavy (non-hydrogen) atoms. The summed E-state index contributed by atoms with van der Waals surface area (Å²) >= 11 is 0. The Bertz CT molecular complexity index is 1350. The Labute approximate surface area is 222 Å². The minimum atomic E-state index is -0.865. The summed E-state index contributed by atoms with van der Waals surface area (Å²) in [7, 11) is 1.59. The van der Waals surface area contributed by atoms with Crippen LogP contribution in [0.5, 0.6) is 17.2 Å². The SMILES string of the molecule is CCCCc1ccc2c(n1)[C@@H](c1ccc(OC)cc1C[C@@H](C)C(=O)O)[C@H](C=O)[C@H]2c1ccc2c(c1)OCO2. The minimum Gasteiger partial charge on any atom is -0.497 e. The molecule has 2 aliphatic rings. The summed E-state index contributed by atoms with van der Waals surface area (Å²) in [4.78, 5) is 29.8. The van der Waals surface area contributed by atoms with Crippen LogP contribution in [-0.2, 0) is 22.4 Å². The monoisotopic (exact) mass is 515 g/mol. The number of hydrogen-bond donors (Lipinski definition) is 1. The van der Waals surface area contributed by atoms with Crippen LogP contribution in [-0.4, -0.2) is 36.2 Å². The minimum absolute atomic E-state index is 0.180. The van der Waals surface area contributed by atoms with Gasteiger partial charge in [-0.25, -0.2) is 0 Å². The van der Waals surface area contributed by atoms with E-state index in [-0.39, 0.29) is 18.6 Å². The van der Waals surface area contributed by atoms with Crippen LogP contribution in [0.1, 0.15) is 72.2 Å². The number of hydrogen-bond acceptors (Lipinski definition) is 6. The van der Waals surface area contributed by atoms with E-state index in [0.717, 1.165) is 59.2 Å². The Morgan fingerprint density at radius 1 is 1.11 bits per heavy atom. The van der Waals surface area contributed by atoms with Crippen LogP contribution < -0.4 is 14.2 Å². The first kappa shape index (κ1) is 25.8. The van der Waals surface area contributed by atoms with E-state index in [4.69, 9.17) is 19.2 Å². The fourth-order valence-corrected chi connectivity index (χ4v) is 5.75. The van der Waals surface area contributed by atoms with Crippen LogP contribution >= 0.6 is 0 Å². The molecule has 0 saturated carbocycles. The Kier molecular flexibility index (Phi) is 7.36. The molecule has 1 N–H and O–H groups in total. The molecule has 0 bridgehead atoms. The molecule has 0 spiro atoms. The highest BCUT2D eigenvalue weighted by molar-refractivity contribution is 5.71. The largest absolute Gasteiger partial charge is 0.497 e. The van der Waals surface area contributed by atoms with Crippen molar-refractivity contribution in [2.75, 3.05) is 13.9 Å². The van der Waals surface area contributed by atoms with Gasteiger partial charge in [-0.3, -0.25) is 9.78 Å². The number of carboxylic acid groups (broad SMARTS) is 1. The van der Waals surface area contributed by atoms with Gasteiger partial charge >= 0.3 is 5.97 Å². The van der Waals surface area contributed by atoms with Gasteiger partial charge in [-0.05, 0) is 71.8 Å². The van der Waals surface area contributed by atoms with Crippen molar-refractivity contribution >= 4 is 12.3 Å². The van der Waals surface area contributed by atoms with Crippen LogP contribution in [0.2, 0.25) is 0 Å². The first-order chi connectivity index (χ1) is 18.4. The van der Waals surface area contributed by atoms with E-state index < -0.39 is 17.8 Å². The first-order valence-electron chi connectivity index (χ1n) is 13.2. The smallest absolute Gasteiger partial charge is 0.306 e. The second-order valence-electron chi connectivity index (χ2n) is 10.2. The zero-order valence-corrected chi connectivity index (χ0v) is 22.0. The Balaban J connectivity index is 1.67. The van der Waals surface area contributed by atoms with E-state index in [0.29, 0.717) is 23.7 Å². The van der Waals surface area contributed by atoms with Crippen molar-refractivity contribution in [3.63, 3.8) is 0 Å². The quantitative estimate of drug-likeness (QED) is 0.355. The normalized spacial score (nSPS) is 20.1. The summed E-state index contributed by atoms with van der Waals surface area (Å²) in [6.07, 6.45) is 4.31. The van der Waals surface area contributed by atoms with Gasteiger partial charge in [-0.15, -0.1) is 0 Å². The number of aldehydes is 1. The highest BCUT2D eigenvalue weighted by Gasteiger charge is 2.44. The van der Waals surface area contributed by atoms with E-state index in [1.807, 2.05) is 36.4 Å². The van der Waals surface area contributed by atoms with E-state index in [1.54, 1.807) is 14.0 Å². The molecule has 1 aromatic heterocycles. The van der Waals surface area contributed by atoms with E-state index >= 15 is 0 Å². The Hall–Kier alpha value is -3.87. The summed E-state index contributed by atoms with van der Waals surface area (Å²) in [5.74, 6) is -0.404. The maximum atomic E-state index is 12.9. The number of methoxy groups -OCH3 is 1. The number of carbonyl (C=O) groups excluding carboxylic acids is 1. The molecule has 0 radical (unpaired) electrons. The van der Waals surface area contributed by atoms with Crippen LogP contribution in [0.3, 0.4) is 0 Å². The van der Waals surface area contributed by atoms with Crippen molar-refractivity contribution in [2.45, 2.75) is 51.4 Å². The molecule has 2 aromatic carbocycles. The third-order valence-corrected chi connectivity index (χ3v) is 7.75. The molecular formula is C31H33NO6. The molecule has 0 fully saturated rings. The average molecular weight is 516 g/mol. The Morgan fingerprint density at radius 2 is 1.89 bits per heavy atom. The number of aromatic nitrogens is 1. The number of aryl methyl sites for hydroxylation is 1. The van der Waals surface area contributed by atoms with Crippen molar-refractivity contribution in [1.29, 1.82) is 0 Å². The lowest BCUT2D eigenvalue weighted by molar-refractivity contribution is -0.141. The third kappa shape index (κ3) is 4.73. The third-order valence-electron chi connectivity index (χ3n) is 7.75. The maximum absolute atomic E-state index is 12.9. The first-order valence-corrected chi connectivity index (χ1v) is 13.2. The number of fused-ring (bicyclic) bond motifs is 2. The lowest BCUT2D eigenvalue weighted by Gasteiger charge is -2.24. The number of carboxylic acids is 1. The van der Waals surface area contributed by atoms with Gasteiger partial charge in [0, 0.05) is 23.4 Å². The second-order valence-corrected chi connectivity index (χ2v) is 10.2. The fourth-order valence-electron chi connectivity index (χ4n) is 5.75. The molecule has 3 aromatic rings. The number of aliphatic carboxylic acids is 1. The van der Waals surface area contributed by atoms with Gasteiger partial charge in [0.05, 0.1) is 18.7 Å². The second kappa shape index (κ2) is 10.9. The molecule has 0 amide bonds. The lowest BCUT2D eigenvalue weighted by atomic mass is 9.78. The van der Waals surface area contributed by atoms with Gasteiger partial charge in [0.2, 0.25) is 6.79 Å². The number of benzene rings is 2. The molecule has 7 nitrogen and oxygen atoms in total. The van der Waals surface area contributed by atoms with Gasteiger partial charge in [0.15, 0.2) is 11.5 Å². The van der Waals surface area contributed by atoms with E-state index in [2.05, 4.69) is 19.1 Å². The summed E-state index contributed by atoms with van der Waals surface area (Å²) in [6.45, 7) is 4.03. The Morgan fingerprint density at radius 3 is 2.63 bits per heavy atom. The molecular weight excluding hydrogens is 482 g/mol. The molecule has 1 aliphatic heterocycles. The number of rotatable bonds is 10. The molecule has 198 valence electrons. The highest BCUT2D eigenvalue weighted by atomic mass is 16.7. The standard InChI is InChI=1S/C31H33NO6/c1-4-5-6-21-8-10-24-28(19-7-12-26-27(15-19)38-17-37-26)25(16-33)29(30(24)32-21)23-11-9-22(36-3)14-20(23)13-18(2)31(34)35/h7-12,14-16,18,25,28-29H,4-6,13,17H2,1-3H3,(H,34,35)/t18-,25-,28+,29+/m1/s1. The average Bonchev–Trinajstić information content (AvgIpc) is 3.53. The molecule has 1 aliphatic carbocycles. The number of carbonyl (C=O) groups is 2. The van der Waals surface area contributed by atoms with E-state index in [9.17, 15) is 14.7 Å². The van der Waals surface area contributed by atoms with Crippen LogP contribution in [0.25, 0.3) is 0 Å². The molecule has 4 atom stereocenters. The van der Waals surface area contributed by atoms with Gasteiger partial charge in [0.1, 0.15) is 12.0 Å². The predicted octanol–water partition coefficient (Wildman–Crippen LogP) is 5.52. The molecule has 5 rings (SSSR count). The molecule has 2 heterocycles. The maximum Gasteiger partial charge on any atom is 0.306 e. The topological polar surface area (TPSA) is 95.0 Å². The number of nitrogens with zero attached hydrogens (tertiary/aromatic N) is 1. The lowest BCUT2D eigenvalue weighted by Crippen LogP contribution is -2.19.